The average Bonchev–Trinajstić information content (AvgIpc) is 4.09. The van der Waals surface area contributed by atoms with Gasteiger partial charge in [0.25, 0.3) is 0 Å². The van der Waals surface area contributed by atoms with Crippen molar-refractivity contribution in [3.05, 3.63) is 94.0 Å². The van der Waals surface area contributed by atoms with E-state index in [1.165, 1.54) is 9.80 Å². The zero-order valence-electron chi connectivity index (χ0n) is 49.0. The minimum atomic E-state index is -0.986. The predicted octanol–water partition coefficient (Wildman–Crippen LogP) is 5.95. The number of benzene rings is 3. The lowest BCUT2D eigenvalue weighted by Gasteiger charge is -2.36. The van der Waals surface area contributed by atoms with Crippen LogP contribution in [-0.2, 0) is 41.6 Å². The molecule has 10 atom stereocenters. The number of hydrogen-bond donors (Lipinski definition) is 6. The molecule has 2 aliphatic carbocycles. The third-order valence-electron chi connectivity index (χ3n) is 16.9. The molecule has 80 heavy (non-hydrogen) atoms. The van der Waals surface area contributed by atoms with E-state index in [0.29, 0.717) is 24.0 Å². The summed E-state index contributed by atoms with van der Waals surface area (Å²) in [5.41, 5.74) is 3.09. The van der Waals surface area contributed by atoms with E-state index >= 15 is 0 Å². The molecule has 6 amide bonds. The van der Waals surface area contributed by atoms with Crippen LogP contribution in [0.15, 0.2) is 60.7 Å². The molecule has 0 spiro atoms. The fraction of sp³-hybridized carbons (Fsp3) is 0.581. The number of carbonyl (C=O) groups excluding carboxylic acids is 8. The van der Waals surface area contributed by atoms with Crippen molar-refractivity contribution in [2.24, 2.45) is 22.7 Å². The number of fused-ring (bicyclic) bond motifs is 2. The van der Waals surface area contributed by atoms with Gasteiger partial charge in [0.05, 0.1) is 38.4 Å². The maximum Gasteiger partial charge on any atom is 0.246 e. The standard InChI is InChI=1S/C62H86N8O10/c1-35(63-9)55(73)67-53(61(3,4)5)59(77)69-33-37(28-47(69)57(75)65-45-24-14-22-43-41(45)20-16-26-51(43)79-11)30-49(71)39-18-13-19-40(32-39)50(72)31-38-29-48(58(76)66-46-25-15-23-44-42(46)21-17-27-52(44)80-12)70(34-38)60(78)54(62(6,7)8)68-56(74)36(2)64-10/h13,16-21,26-27,32,35-38,45-48,53-54,63-64H,14-15,22-25,28-31,33-34H2,1-12H3,(H,65,75)(H,66,76)(H,67,73)(H,68,74)/t35-,36-,37+,38+,45?,46?,47-,48-,53+,54+/m0/s1. The van der Waals surface area contributed by atoms with Crippen molar-refractivity contribution in [1.29, 1.82) is 0 Å². The summed E-state index contributed by atoms with van der Waals surface area (Å²) in [4.78, 5) is 117. The lowest BCUT2D eigenvalue weighted by molar-refractivity contribution is -0.144. The van der Waals surface area contributed by atoms with E-state index in [-0.39, 0.29) is 86.1 Å². The van der Waals surface area contributed by atoms with E-state index < -0.39 is 70.7 Å². The first-order chi connectivity index (χ1) is 37.9. The van der Waals surface area contributed by atoms with Gasteiger partial charge in [-0.25, -0.2) is 0 Å². The lowest BCUT2D eigenvalue weighted by Crippen LogP contribution is -2.59. The zero-order chi connectivity index (χ0) is 58.4. The van der Waals surface area contributed by atoms with Crippen molar-refractivity contribution in [3.8, 4) is 11.5 Å². The van der Waals surface area contributed by atoms with Gasteiger partial charge in [0.1, 0.15) is 35.7 Å². The van der Waals surface area contributed by atoms with Gasteiger partial charge >= 0.3 is 0 Å². The van der Waals surface area contributed by atoms with E-state index in [2.05, 4.69) is 31.9 Å². The maximum absolute atomic E-state index is 14.8. The molecule has 2 fully saturated rings. The highest BCUT2D eigenvalue weighted by molar-refractivity contribution is 6.02. The summed E-state index contributed by atoms with van der Waals surface area (Å²) < 4.78 is 11.3. The van der Waals surface area contributed by atoms with Crippen LogP contribution in [0.3, 0.4) is 0 Å². The van der Waals surface area contributed by atoms with Crippen molar-refractivity contribution in [2.75, 3.05) is 41.4 Å². The van der Waals surface area contributed by atoms with E-state index in [1.54, 1.807) is 66.4 Å². The minimum absolute atomic E-state index is 0.0225. The Morgan fingerprint density at radius 3 is 1.30 bits per heavy atom. The van der Waals surface area contributed by atoms with Gasteiger partial charge in [0.2, 0.25) is 35.4 Å². The molecule has 434 valence electrons. The Bertz CT molecular complexity index is 2620. The highest BCUT2D eigenvalue weighted by atomic mass is 16.5. The summed E-state index contributed by atoms with van der Waals surface area (Å²) in [6, 6.07) is 12.4. The van der Waals surface area contributed by atoms with Gasteiger partial charge < -0.3 is 51.2 Å². The molecule has 2 unspecified atom stereocenters. The van der Waals surface area contributed by atoms with Gasteiger partial charge in [-0.3, -0.25) is 38.4 Å². The molecule has 2 heterocycles. The molecule has 0 saturated carbocycles. The monoisotopic (exact) mass is 1100 g/mol. The van der Waals surface area contributed by atoms with Gasteiger partial charge in [-0.15, -0.1) is 0 Å². The summed E-state index contributed by atoms with van der Waals surface area (Å²) in [7, 11) is 6.57. The molecule has 3 aromatic carbocycles. The summed E-state index contributed by atoms with van der Waals surface area (Å²) in [5.74, 6) is -2.18. The number of ketones is 2. The maximum atomic E-state index is 14.8. The number of rotatable bonds is 20. The number of Topliss-reactive ketones (excluding diaryl/α,β-unsaturated/α-hetero) is 2. The highest BCUT2D eigenvalue weighted by Crippen LogP contribution is 2.39. The first-order valence-electron chi connectivity index (χ1n) is 28.5. The molecule has 18 nitrogen and oxygen atoms in total. The minimum Gasteiger partial charge on any atom is -0.496 e. The Hall–Kier alpha value is -6.66. The van der Waals surface area contributed by atoms with E-state index in [0.717, 1.165) is 59.4 Å². The fourth-order valence-electron chi connectivity index (χ4n) is 12.0. The van der Waals surface area contributed by atoms with Gasteiger partial charge in [-0.05, 0) is 142 Å². The summed E-state index contributed by atoms with van der Waals surface area (Å²) >= 11 is 0. The van der Waals surface area contributed by atoms with Crippen molar-refractivity contribution >= 4 is 47.0 Å². The van der Waals surface area contributed by atoms with Crippen molar-refractivity contribution in [3.63, 3.8) is 0 Å². The number of hydrogen-bond acceptors (Lipinski definition) is 12. The van der Waals surface area contributed by atoms with Crippen molar-refractivity contribution in [1.82, 2.24) is 41.7 Å². The summed E-state index contributed by atoms with van der Waals surface area (Å²) in [5, 5.41) is 18.2. The summed E-state index contributed by atoms with van der Waals surface area (Å²) in [6.45, 7) is 14.7. The van der Waals surface area contributed by atoms with Crippen LogP contribution in [0.1, 0.15) is 162 Å². The molecule has 6 N–H and O–H groups in total. The largest absolute Gasteiger partial charge is 0.496 e. The van der Waals surface area contributed by atoms with E-state index in [9.17, 15) is 38.4 Å². The van der Waals surface area contributed by atoms with Crippen molar-refractivity contribution < 1.29 is 47.8 Å². The summed E-state index contributed by atoms with van der Waals surface area (Å²) in [6.07, 6.45) is 4.99. The Labute approximate surface area is 472 Å². The molecule has 3 aromatic rings. The average molecular weight is 1100 g/mol. The Kier molecular flexibility index (Phi) is 19.7. The number of nitrogens with one attached hydrogen (secondary N) is 6. The number of nitrogens with zero attached hydrogens (tertiary/aromatic N) is 2. The number of amides is 6. The van der Waals surface area contributed by atoms with Crippen LogP contribution in [0.2, 0.25) is 0 Å². The van der Waals surface area contributed by atoms with Crippen LogP contribution in [0.5, 0.6) is 11.5 Å². The fourth-order valence-corrected chi connectivity index (χ4v) is 12.0. The van der Waals surface area contributed by atoms with Crippen LogP contribution in [0.4, 0.5) is 0 Å². The second kappa shape index (κ2) is 25.9. The lowest BCUT2D eigenvalue weighted by atomic mass is 9.85. The topological polar surface area (TPSA) is 234 Å². The first kappa shape index (κ1) is 61.0. The van der Waals surface area contributed by atoms with Crippen LogP contribution >= 0.6 is 0 Å². The van der Waals surface area contributed by atoms with Crippen LogP contribution < -0.4 is 41.4 Å². The van der Waals surface area contributed by atoms with Gasteiger partial charge in [-0.1, -0.05) is 84.0 Å². The molecule has 0 bridgehead atoms. The highest BCUT2D eigenvalue weighted by Gasteiger charge is 2.48. The van der Waals surface area contributed by atoms with Crippen LogP contribution in [0, 0.1) is 22.7 Å². The van der Waals surface area contributed by atoms with Gasteiger partial charge in [0, 0.05) is 37.1 Å². The molecular weight excluding hydrogens is 1020 g/mol. The second-order valence-corrected chi connectivity index (χ2v) is 24.7. The van der Waals surface area contributed by atoms with Crippen LogP contribution in [0.25, 0.3) is 0 Å². The third kappa shape index (κ3) is 13.9. The molecule has 7 rings (SSSR count). The zero-order valence-corrected chi connectivity index (χ0v) is 49.0. The van der Waals surface area contributed by atoms with Gasteiger partial charge in [-0.2, -0.15) is 0 Å². The molecule has 4 aliphatic rings. The Balaban J connectivity index is 1.10. The normalized spacial score (nSPS) is 22.4. The molecule has 2 aliphatic heterocycles. The van der Waals surface area contributed by atoms with Gasteiger partial charge in [0.15, 0.2) is 11.6 Å². The number of ether oxygens (including phenoxy) is 2. The first-order valence-corrected chi connectivity index (χ1v) is 28.5. The Morgan fingerprint density at radius 2 is 0.950 bits per heavy atom. The van der Waals surface area contributed by atoms with Crippen molar-refractivity contribution in [2.45, 2.75) is 168 Å². The predicted molar refractivity (Wildman–Crippen MR) is 305 cm³/mol. The quantitative estimate of drug-likeness (QED) is 0.0721. The number of likely N-dealkylation sites (tertiary alicyclic amines) is 2. The Morgan fingerprint density at radius 1 is 0.575 bits per heavy atom. The second-order valence-electron chi connectivity index (χ2n) is 24.7. The van der Waals surface area contributed by atoms with E-state index in [4.69, 9.17) is 9.47 Å². The third-order valence-corrected chi connectivity index (χ3v) is 16.9. The molecular formula is C62H86N8O10. The molecule has 2 saturated heterocycles. The number of likely N-dealkylation sites (N-methyl/N-ethyl adjacent to an activating group) is 2. The molecule has 18 heteroatoms. The van der Waals surface area contributed by atoms with E-state index in [1.807, 2.05) is 77.9 Å². The van der Waals surface area contributed by atoms with Crippen LogP contribution in [-0.4, -0.2) is 134 Å². The SMILES string of the molecule is CN[C@@H](C)C(=O)N[C@H](C(=O)N1C[C@@H](CC(=O)c2cccc(C(=O)C[C@H]3C[C@@H](C(=O)NC4CCCc5c(OC)cccc54)N(C(=O)[C@@H](NC(=O)[C@H](C)NC)C(C)(C)C)C3)c2)C[C@H]1C(=O)NC1CCCc2c(OC)cccc21)C(C)(C)C. The molecule has 0 radical (unpaired) electrons. The molecule has 0 aromatic heterocycles. The number of carbonyl (C=O) groups is 8. The smallest absolute Gasteiger partial charge is 0.246 e. The number of methoxy groups -OCH3 is 2.